The van der Waals surface area contributed by atoms with E-state index in [1.54, 1.807) is 26.1 Å². The van der Waals surface area contributed by atoms with Crippen molar-refractivity contribution in [2.75, 3.05) is 12.4 Å². The fraction of sp³-hybridized carbons (Fsp3) is 0.200. The van der Waals surface area contributed by atoms with Crippen LogP contribution < -0.4 is 5.32 Å². The van der Waals surface area contributed by atoms with Gasteiger partial charge in [-0.2, -0.15) is 4.98 Å². The van der Waals surface area contributed by atoms with Crippen LogP contribution in [0.25, 0.3) is 11.4 Å². The molecule has 0 unspecified atom stereocenters. The minimum atomic E-state index is -0.275. The first kappa shape index (κ1) is 9.64. The van der Waals surface area contributed by atoms with Crippen molar-refractivity contribution in [3.63, 3.8) is 0 Å². The van der Waals surface area contributed by atoms with Crippen LogP contribution in [0.4, 0.5) is 10.4 Å². The van der Waals surface area contributed by atoms with Gasteiger partial charge in [0.15, 0.2) is 0 Å². The molecule has 1 heterocycles. The molecule has 0 amide bonds. The maximum Gasteiger partial charge on any atom is 0.321 e. The van der Waals surface area contributed by atoms with Crippen LogP contribution >= 0.6 is 0 Å². The molecule has 15 heavy (non-hydrogen) atoms. The van der Waals surface area contributed by atoms with Crippen molar-refractivity contribution < 1.29 is 8.91 Å². The Balaban J connectivity index is 2.40. The largest absolute Gasteiger partial charge is 0.341 e. The second-order valence-electron chi connectivity index (χ2n) is 3.14. The Morgan fingerprint density at radius 3 is 2.80 bits per heavy atom. The minimum absolute atomic E-state index is 0.275. The number of aromatic nitrogens is 2. The Hall–Kier alpha value is -1.91. The lowest BCUT2D eigenvalue weighted by Gasteiger charge is -1.97. The van der Waals surface area contributed by atoms with Gasteiger partial charge in [0, 0.05) is 12.6 Å². The summed E-state index contributed by atoms with van der Waals surface area (Å²) in [5.74, 6) is 0.0987. The maximum atomic E-state index is 13.3. The zero-order valence-corrected chi connectivity index (χ0v) is 8.41. The van der Waals surface area contributed by atoms with Crippen LogP contribution in [0.2, 0.25) is 0 Å². The molecule has 5 heteroatoms. The normalized spacial score (nSPS) is 10.3. The van der Waals surface area contributed by atoms with Crippen molar-refractivity contribution in [3.05, 3.63) is 29.6 Å². The average molecular weight is 207 g/mol. The van der Waals surface area contributed by atoms with Gasteiger partial charge in [-0.15, -0.1) is 0 Å². The Kier molecular flexibility index (Phi) is 2.37. The van der Waals surface area contributed by atoms with E-state index in [1.165, 1.54) is 6.07 Å². The first-order valence-corrected chi connectivity index (χ1v) is 4.48. The van der Waals surface area contributed by atoms with Crippen molar-refractivity contribution in [3.8, 4) is 11.4 Å². The zero-order valence-electron chi connectivity index (χ0n) is 8.41. The molecule has 0 aliphatic rings. The number of rotatable bonds is 2. The van der Waals surface area contributed by atoms with E-state index >= 15 is 0 Å². The summed E-state index contributed by atoms with van der Waals surface area (Å²) >= 11 is 0. The highest BCUT2D eigenvalue weighted by Crippen LogP contribution is 2.19. The molecule has 1 aromatic carbocycles. The Bertz CT molecular complexity index is 481. The molecular weight excluding hydrogens is 197 g/mol. The third-order valence-electron chi connectivity index (χ3n) is 2.07. The fourth-order valence-electron chi connectivity index (χ4n) is 1.17. The quantitative estimate of drug-likeness (QED) is 0.820. The molecular formula is C10H10FN3O. The van der Waals surface area contributed by atoms with Crippen LogP contribution in [0.3, 0.4) is 0 Å². The molecule has 78 valence electrons. The van der Waals surface area contributed by atoms with E-state index in [9.17, 15) is 4.39 Å². The maximum absolute atomic E-state index is 13.3. The minimum Gasteiger partial charge on any atom is -0.341 e. The van der Waals surface area contributed by atoms with E-state index < -0.39 is 0 Å². The van der Waals surface area contributed by atoms with Gasteiger partial charge in [0.2, 0.25) is 5.82 Å². The SMILES string of the molecule is CNc1nc(-c2ccc(C)c(F)c2)no1. The number of anilines is 1. The number of halogens is 1. The van der Waals surface area contributed by atoms with E-state index in [-0.39, 0.29) is 5.82 Å². The molecule has 2 aromatic rings. The second kappa shape index (κ2) is 3.68. The molecule has 1 N–H and O–H groups in total. The molecule has 0 aliphatic heterocycles. The molecule has 1 aromatic heterocycles. The van der Waals surface area contributed by atoms with Crippen LogP contribution in [0.1, 0.15) is 5.56 Å². The van der Waals surface area contributed by atoms with Crippen LogP contribution in [-0.2, 0) is 0 Å². The van der Waals surface area contributed by atoms with Gasteiger partial charge < -0.3 is 9.84 Å². The molecule has 2 rings (SSSR count). The highest BCUT2D eigenvalue weighted by Gasteiger charge is 2.08. The summed E-state index contributed by atoms with van der Waals surface area (Å²) in [5.41, 5.74) is 1.19. The number of aryl methyl sites for hydroxylation is 1. The van der Waals surface area contributed by atoms with Gasteiger partial charge in [-0.3, -0.25) is 0 Å². The van der Waals surface area contributed by atoms with Gasteiger partial charge in [0.25, 0.3) is 0 Å². The summed E-state index contributed by atoms with van der Waals surface area (Å²) in [4.78, 5) is 4.01. The number of hydrogen-bond acceptors (Lipinski definition) is 4. The van der Waals surface area contributed by atoms with Crippen LogP contribution in [-0.4, -0.2) is 17.2 Å². The predicted molar refractivity (Wildman–Crippen MR) is 54.0 cm³/mol. The van der Waals surface area contributed by atoms with E-state index in [1.807, 2.05) is 0 Å². The standard InChI is InChI=1S/C10H10FN3O/c1-6-3-4-7(5-8(6)11)9-13-10(12-2)15-14-9/h3-5H,1-2H3,(H,12,13,14). The lowest BCUT2D eigenvalue weighted by atomic mass is 10.1. The summed E-state index contributed by atoms with van der Waals surface area (Å²) in [6.07, 6.45) is 0. The Morgan fingerprint density at radius 1 is 1.40 bits per heavy atom. The van der Waals surface area contributed by atoms with Crippen molar-refractivity contribution in [2.45, 2.75) is 6.92 Å². The smallest absolute Gasteiger partial charge is 0.321 e. The fourth-order valence-corrected chi connectivity index (χ4v) is 1.17. The summed E-state index contributed by atoms with van der Waals surface area (Å²) < 4.78 is 18.1. The summed E-state index contributed by atoms with van der Waals surface area (Å²) in [7, 11) is 1.67. The number of nitrogens with zero attached hydrogens (tertiary/aromatic N) is 2. The van der Waals surface area contributed by atoms with E-state index in [4.69, 9.17) is 4.52 Å². The summed E-state index contributed by atoms with van der Waals surface area (Å²) in [6.45, 7) is 1.70. The van der Waals surface area contributed by atoms with Crippen molar-refractivity contribution in [1.82, 2.24) is 10.1 Å². The van der Waals surface area contributed by atoms with E-state index in [2.05, 4.69) is 15.5 Å². The van der Waals surface area contributed by atoms with Crippen LogP contribution in [0, 0.1) is 12.7 Å². The summed E-state index contributed by atoms with van der Waals surface area (Å²) in [6, 6.07) is 5.13. The van der Waals surface area contributed by atoms with Gasteiger partial charge in [-0.1, -0.05) is 17.3 Å². The van der Waals surface area contributed by atoms with Crippen molar-refractivity contribution in [1.29, 1.82) is 0 Å². The Morgan fingerprint density at radius 2 is 2.20 bits per heavy atom. The van der Waals surface area contributed by atoms with Gasteiger partial charge >= 0.3 is 6.01 Å². The summed E-state index contributed by atoms with van der Waals surface area (Å²) in [5, 5.41) is 6.42. The lowest BCUT2D eigenvalue weighted by Crippen LogP contribution is -1.88. The third kappa shape index (κ3) is 1.81. The first-order chi connectivity index (χ1) is 7.20. The lowest BCUT2D eigenvalue weighted by molar-refractivity contribution is 0.434. The molecule has 0 fully saturated rings. The number of benzene rings is 1. The molecule has 0 saturated heterocycles. The van der Waals surface area contributed by atoms with Gasteiger partial charge in [0.1, 0.15) is 5.82 Å². The Labute approximate surface area is 86.1 Å². The van der Waals surface area contributed by atoms with E-state index in [0.717, 1.165) is 0 Å². The average Bonchev–Trinajstić information content (AvgIpc) is 2.70. The van der Waals surface area contributed by atoms with Crippen molar-refractivity contribution in [2.24, 2.45) is 0 Å². The van der Waals surface area contributed by atoms with Gasteiger partial charge in [0.05, 0.1) is 0 Å². The molecule has 4 nitrogen and oxygen atoms in total. The third-order valence-corrected chi connectivity index (χ3v) is 2.07. The highest BCUT2D eigenvalue weighted by molar-refractivity contribution is 5.56. The topological polar surface area (TPSA) is 51.0 Å². The predicted octanol–water partition coefficient (Wildman–Crippen LogP) is 2.23. The molecule has 0 bridgehead atoms. The highest BCUT2D eigenvalue weighted by atomic mass is 19.1. The number of nitrogens with one attached hydrogen (secondary N) is 1. The molecule has 0 radical (unpaired) electrons. The van der Waals surface area contributed by atoms with Crippen LogP contribution in [0.15, 0.2) is 22.7 Å². The molecule has 0 aliphatic carbocycles. The monoisotopic (exact) mass is 207 g/mol. The van der Waals surface area contributed by atoms with Gasteiger partial charge in [-0.05, 0) is 18.6 Å². The number of hydrogen-bond donors (Lipinski definition) is 1. The zero-order chi connectivity index (χ0) is 10.8. The first-order valence-electron chi connectivity index (χ1n) is 4.48. The second-order valence-corrected chi connectivity index (χ2v) is 3.14. The van der Waals surface area contributed by atoms with Crippen molar-refractivity contribution >= 4 is 6.01 Å². The molecule has 0 atom stereocenters. The molecule has 0 saturated carbocycles. The van der Waals surface area contributed by atoms with Crippen LogP contribution in [0.5, 0.6) is 0 Å². The van der Waals surface area contributed by atoms with E-state index in [0.29, 0.717) is 23.0 Å². The molecule has 0 spiro atoms. The van der Waals surface area contributed by atoms with Gasteiger partial charge in [-0.25, -0.2) is 4.39 Å².